The van der Waals surface area contributed by atoms with Crippen molar-refractivity contribution in [1.29, 1.82) is 0 Å². The highest BCUT2D eigenvalue weighted by atomic mass is 79.9. The Morgan fingerprint density at radius 3 is 2.76 bits per heavy atom. The van der Waals surface area contributed by atoms with Gasteiger partial charge in [-0.3, -0.25) is 0 Å². The molecule has 0 atom stereocenters. The van der Waals surface area contributed by atoms with Crippen molar-refractivity contribution in [1.82, 2.24) is 5.32 Å². The summed E-state index contributed by atoms with van der Waals surface area (Å²) in [6.45, 7) is 5.85. The maximum atomic E-state index is 5.93. The predicted octanol–water partition coefficient (Wildman–Crippen LogP) is 5.05. The van der Waals surface area contributed by atoms with Gasteiger partial charge in [0.25, 0.3) is 0 Å². The van der Waals surface area contributed by atoms with Crippen molar-refractivity contribution in [2.75, 3.05) is 13.2 Å². The van der Waals surface area contributed by atoms with Gasteiger partial charge in [0.05, 0.1) is 6.61 Å². The SMILES string of the molecule is CCCNCc1ccc(COCC2CCCCC2)c(Br)c1. The van der Waals surface area contributed by atoms with E-state index in [1.54, 1.807) is 0 Å². The van der Waals surface area contributed by atoms with Crippen LogP contribution < -0.4 is 5.32 Å². The molecule has 1 aromatic carbocycles. The van der Waals surface area contributed by atoms with E-state index >= 15 is 0 Å². The van der Waals surface area contributed by atoms with E-state index in [0.717, 1.165) is 32.2 Å². The van der Waals surface area contributed by atoms with Crippen molar-refractivity contribution in [3.05, 3.63) is 33.8 Å². The van der Waals surface area contributed by atoms with E-state index in [0.29, 0.717) is 0 Å². The topological polar surface area (TPSA) is 21.3 Å². The first-order chi connectivity index (χ1) is 10.3. The van der Waals surface area contributed by atoms with Gasteiger partial charge in [0.1, 0.15) is 0 Å². The summed E-state index contributed by atoms with van der Waals surface area (Å²) in [6.07, 6.45) is 8.06. The van der Waals surface area contributed by atoms with Crippen molar-refractivity contribution in [2.45, 2.75) is 58.6 Å². The summed E-state index contributed by atoms with van der Waals surface area (Å²) in [4.78, 5) is 0. The molecule has 1 aliphatic rings. The second-order valence-corrected chi connectivity index (χ2v) is 6.98. The van der Waals surface area contributed by atoms with Gasteiger partial charge < -0.3 is 10.1 Å². The lowest BCUT2D eigenvalue weighted by Gasteiger charge is -2.21. The van der Waals surface area contributed by atoms with E-state index in [4.69, 9.17) is 4.74 Å². The first kappa shape index (κ1) is 17.0. The van der Waals surface area contributed by atoms with E-state index in [9.17, 15) is 0 Å². The molecule has 0 bridgehead atoms. The average molecular weight is 354 g/mol. The molecule has 1 fully saturated rings. The molecule has 1 aliphatic carbocycles. The van der Waals surface area contributed by atoms with E-state index in [-0.39, 0.29) is 0 Å². The summed E-state index contributed by atoms with van der Waals surface area (Å²) in [6, 6.07) is 6.60. The number of nitrogens with one attached hydrogen (secondary N) is 1. The van der Waals surface area contributed by atoms with Crippen molar-refractivity contribution >= 4 is 15.9 Å². The molecule has 0 unspecified atom stereocenters. The number of halogens is 1. The van der Waals surface area contributed by atoms with E-state index < -0.39 is 0 Å². The van der Waals surface area contributed by atoms with Crippen LogP contribution in [0.25, 0.3) is 0 Å². The maximum absolute atomic E-state index is 5.93. The Hall–Kier alpha value is -0.380. The van der Waals surface area contributed by atoms with Crippen molar-refractivity contribution in [3.8, 4) is 0 Å². The highest BCUT2D eigenvalue weighted by Crippen LogP contribution is 2.25. The van der Waals surface area contributed by atoms with Gasteiger partial charge in [0, 0.05) is 17.6 Å². The summed E-state index contributed by atoms with van der Waals surface area (Å²) < 4.78 is 7.10. The molecule has 21 heavy (non-hydrogen) atoms. The standard InChI is InChI=1S/C18H28BrNO/c1-2-10-20-12-16-8-9-17(18(19)11-16)14-21-13-15-6-4-3-5-7-15/h8-9,11,15,20H,2-7,10,12-14H2,1H3. The predicted molar refractivity (Wildman–Crippen MR) is 92.4 cm³/mol. The Balaban J connectivity index is 1.74. The van der Waals surface area contributed by atoms with Crippen LogP contribution in [0.1, 0.15) is 56.6 Å². The first-order valence-electron chi connectivity index (χ1n) is 8.35. The van der Waals surface area contributed by atoms with Crippen LogP contribution in [0.3, 0.4) is 0 Å². The van der Waals surface area contributed by atoms with Crippen molar-refractivity contribution in [2.24, 2.45) is 5.92 Å². The van der Waals surface area contributed by atoms with E-state index in [2.05, 4.69) is 46.4 Å². The number of rotatable bonds is 8. The van der Waals surface area contributed by atoms with Gasteiger partial charge in [0.15, 0.2) is 0 Å². The largest absolute Gasteiger partial charge is 0.376 e. The minimum atomic E-state index is 0.722. The quantitative estimate of drug-likeness (QED) is 0.660. The lowest BCUT2D eigenvalue weighted by molar-refractivity contribution is 0.0736. The molecular weight excluding hydrogens is 326 g/mol. The third-order valence-corrected chi connectivity index (χ3v) is 4.95. The zero-order valence-corrected chi connectivity index (χ0v) is 14.8. The third-order valence-electron chi connectivity index (χ3n) is 4.21. The van der Waals surface area contributed by atoms with E-state index in [1.807, 2.05) is 0 Å². The van der Waals surface area contributed by atoms with Crippen molar-refractivity contribution in [3.63, 3.8) is 0 Å². The molecule has 0 aliphatic heterocycles. The second kappa shape index (κ2) is 9.60. The fourth-order valence-corrected chi connectivity index (χ4v) is 3.46. The number of ether oxygens (including phenoxy) is 1. The monoisotopic (exact) mass is 353 g/mol. The van der Waals surface area contributed by atoms with E-state index in [1.165, 1.54) is 54.1 Å². The van der Waals surface area contributed by atoms with Crippen LogP contribution in [0.5, 0.6) is 0 Å². The minimum absolute atomic E-state index is 0.722. The molecule has 2 nitrogen and oxygen atoms in total. The van der Waals surface area contributed by atoms with Crippen LogP contribution in [0, 0.1) is 5.92 Å². The molecule has 0 spiro atoms. The van der Waals surface area contributed by atoms with Crippen LogP contribution >= 0.6 is 15.9 Å². The Labute approximate surface area is 137 Å². The fraction of sp³-hybridized carbons (Fsp3) is 0.667. The Kier molecular flexibility index (Phi) is 7.76. The van der Waals surface area contributed by atoms with Gasteiger partial charge in [-0.2, -0.15) is 0 Å². The van der Waals surface area contributed by atoms with Crippen LogP contribution in [0.15, 0.2) is 22.7 Å². The molecule has 1 saturated carbocycles. The van der Waals surface area contributed by atoms with Crippen LogP contribution in [0.4, 0.5) is 0 Å². The molecule has 0 aromatic heterocycles. The minimum Gasteiger partial charge on any atom is -0.376 e. The average Bonchev–Trinajstić information content (AvgIpc) is 2.51. The number of benzene rings is 1. The zero-order valence-electron chi connectivity index (χ0n) is 13.2. The summed E-state index contributed by atoms with van der Waals surface area (Å²) in [5.41, 5.74) is 2.58. The molecule has 118 valence electrons. The zero-order chi connectivity index (χ0) is 14.9. The lowest BCUT2D eigenvalue weighted by Crippen LogP contribution is -2.14. The molecular formula is C18H28BrNO. The molecule has 2 rings (SSSR count). The molecule has 1 N–H and O–H groups in total. The second-order valence-electron chi connectivity index (χ2n) is 6.12. The van der Waals surface area contributed by atoms with Gasteiger partial charge in [0.2, 0.25) is 0 Å². The fourth-order valence-electron chi connectivity index (χ4n) is 2.92. The van der Waals surface area contributed by atoms with Gasteiger partial charge in [-0.1, -0.05) is 54.2 Å². The maximum Gasteiger partial charge on any atom is 0.0727 e. The first-order valence-corrected chi connectivity index (χ1v) is 9.14. The summed E-state index contributed by atoms with van der Waals surface area (Å²) in [5.74, 6) is 0.787. The smallest absolute Gasteiger partial charge is 0.0727 e. The van der Waals surface area contributed by atoms with Gasteiger partial charge in [-0.25, -0.2) is 0 Å². The van der Waals surface area contributed by atoms with Gasteiger partial charge >= 0.3 is 0 Å². The molecule has 0 radical (unpaired) electrons. The molecule has 1 aromatic rings. The van der Waals surface area contributed by atoms with Gasteiger partial charge in [-0.05, 0) is 48.9 Å². The number of hydrogen-bond acceptors (Lipinski definition) is 2. The van der Waals surface area contributed by atoms with Crippen molar-refractivity contribution < 1.29 is 4.74 Å². The summed E-state index contributed by atoms with van der Waals surface area (Å²) in [7, 11) is 0. The summed E-state index contributed by atoms with van der Waals surface area (Å²) in [5, 5.41) is 3.43. The Bertz CT molecular complexity index is 416. The van der Waals surface area contributed by atoms with Gasteiger partial charge in [-0.15, -0.1) is 0 Å². The highest BCUT2D eigenvalue weighted by Gasteiger charge is 2.13. The summed E-state index contributed by atoms with van der Waals surface area (Å²) >= 11 is 3.67. The Morgan fingerprint density at radius 2 is 2.05 bits per heavy atom. The highest BCUT2D eigenvalue weighted by molar-refractivity contribution is 9.10. The Morgan fingerprint density at radius 1 is 1.24 bits per heavy atom. The molecule has 3 heteroatoms. The third kappa shape index (κ3) is 6.09. The molecule has 0 amide bonds. The number of hydrogen-bond donors (Lipinski definition) is 1. The lowest BCUT2D eigenvalue weighted by atomic mass is 9.90. The van der Waals surface area contributed by atoms with Crippen LogP contribution in [0.2, 0.25) is 0 Å². The normalized spacial score (nSPS) is 16.3. The van der Waals surface area contributed by atoms with Crippen LogP contribution in [-0.4, -0.2) is 13.2 Å². The molecule has 0 heterocycles. The molecule has 0 saturated heterocycles. The van der Waals surface area contributed by atoms with Crippen LogP contribution in [-0.2, 0) is 17.9 Å².